The Hall–Kier alpha value is -0.570. The molecule has 1 aliphatic rings. The molecule has 1 fully saturated rings. The van der Waals surface area contributed by atoms with E-state index >= 15 is 0 Å². The van der Waals surface area contributed by atoms with E-state index in [9.17, 15) is 4.79 Å². The zero-order chi connectivity index (χ0) is 10.4. The molecule has 1 aliphatic carbocycles. The summed E-state index contributed by atoms with van der Waals surface area (Å²) in [5.41, 5.74) is 0. The van der Waals surface area contributed by atoms with Gasteiger partial charge in [0.25, 0.3) is 0 Å². The second-order valence-electron chi connectivity index (χ2n) is 4.29. The molecule has 2 N–H and O–H groups in total. The Balaban J connectivity index is 2.12. The van der Waals surface area contributed by atoms with Crippen molar-refractivity contribution in [2.24, 2.45) is 0 Å². The van der Waals surface area contributed by atoms with Gasteiger partial charge in [-0.15, -0.1) is 0 Å². The van der Waals surface area contributed by atoms with Crippen molar-refractivity contribution in [3.8, 4) is 0 Å². The van der Waals surface area contributed by atoms with E-state index in [1.807, 2.05) is 0 Å². The molecule has 0 aromatic rings. The molecular formula is C11H21NO2. The first kappa shape index (κ1) is 11.5. The molecule has 3 nitrogen and oxygen atoms in total. The summed E-state index contributed by atoms with van der Waals surface area (Å²) < 4.78 is 0. The maximum Gasteiger partial charge on any atom is 0.220 e. The van der Waals surface area contributed by atoms with Gasteiger partial charge in [-0.1, -0.05) is 19.3 Å². The summed E-state index contributed by atoms with van der Waals surface area (Å²) in [5.74, 6) is 0.0952. The van der Waals surface area contributed by atoms with E-state index < -0.39 is 0 Å². The Morgan fingerprint density at radius 3 is 2.64 bits per heavy atom. The largest absolute Gasteiger partial charge is 0.393 e. The van der Waals surface area contributed by atoms with Gasteiger partial charge in [0.1, 0.15) is 0 Å². The average Bonchev–Trinajstić information content (AvgIpc) is 2.16. The molecule has 0 aromatic carbocycles. The molecule has 1 atom stereocenters. The summed E-state index contributed by atoms with van der Waals surface area (Å²) in [6.07, 6.45) is 6.68. The van der Waals surface area contributed by atoms with Crippen molar-refractivity contribution in [1.82, 2.24) is 5.32 Å². The number of nitrogens with one attached hydrogen (secondary N) is 1. The highest BCUT2D eigenvalue weighted by Gasteiger charge is 2.15. The highest BCUT2D eigenvalue weighted by Crippen LogP contribution is 2.17. The molecule has 1 amide bonds. The van der Waals surface area contributed by atoms with Gasteiger partial charge in [-0.3, -0.25) is 4.79 Å². The standard InChI is InChI=1S/C11H21NO2/c1-9(13)7-8-11(14)12-10-5-3-2-4-6-10/h9-10,13H,2-8H2,1H3,(H,12,14). The minimum Gasteiger partial charge on any atom is -0.393 e. The van der Waals surface area contributed by atoms with Crippen LogP contribution >= 0.6 is 0 Å². The van der Waals surface area contributed by atoms with Crippen LogP contribution in [-0.4, -0.2) is 23.2 Å². The lowest BCUT2D eigenvalue weighted by molar-refractivity contribution is -0.122. The van der Waals surface area contributed by atoms with Crippen LogP contribution in [0.5, 0.6) is 0 Å². The third-order valence-electron chi connectivity index (χ3n) is 2.76. The van der Waals surface area contributed by atoms with Gasteiger partial charge in [-0.2, -0.15) is 0 Å². The van der Waals surface area contributed by atoms with Crippen LogP contribution in [0.2, 0.25) is 0 Å². The summed E-state index contributed by atoms with van der Waals surface area (Å²) >= 11 is 0. The van der Waals surface area contributed by atoms with Gasteiger partial charge in [0.05, 0.1) is 6.10 Å². The third-order valence-corrected chi connectivity index (χ3v) is 2.76. The number of rotatable bonds is 4. The van der Waals surface area contributed by atoms with Gasteiger partial charge in [0, 0.05) is 12.5 Å². The van der Waals surface area contributed by atoms with Crippen LogP contribution in [0.3, 0.4) is 0 Å². The van der Waals surface area contributed by atoms with Crippen molar-refractivity contribution in [3.05, 3.63) is 0 Å². The van der Waals surface area contributed by atoms with Crippen LogP contribution in [0.25, 0.3) is 0 Å². The fraction of sp³-hybridized carbons (Fsp3) is 0.909. The normalized spacial score (nSPS) is 20.4. The molecule has 0 saturated heterocycles. The Morgan fingerprint density at radius 1 is 1.43 bits per heavy atom. The first-order chi connectivity index (χ1) is 6.68. The lowest BCUT2D eigenvalue weighted by Crippen LogP contribution is -2.36. The maximum atomic E-state index is 11.4. The lowest BCUT2D eigenvalue weighted by Gasteiger charge is -2.22. The summed E-state index contributed by atoms with van der Waals surface area (Å²) in [7, 11) is 0. The van der Waals surface area contributed by atoms with Crippen LogP contribution in [-0.2, 0) is 4.79 Å². The smallest absolute Gasteiger partial charge is 0.220 e. The zero-order valence-electron chi connectivity index (χ0n) is 8.96. The predicted molar refractivity (Wildman–Crippen MR) is 55.9 cm³/mol. The Morgan fingerprint density at radius 2 is 2.07 bits per heavy atom. The van der Waals surface area contributed by atoms with E-state index in [4.69, 9.17) is 5.11 Å². The summed E-state index contributed by atoms with van der Waals surface area (Å²) in [6, 6.07) is 0.394. The molecule has 0 spiro atoms. The van der Waals surface area contributed by atoms with Crippen molar-refractivity contribution in [2.75, 3.05) is 0 Å². The van der Waals surface area contributed by atoms with Crippen molar-refractivity contribution >= 4 is 5.91 Å². The molecule has 1 rings (SSSR count). The summed E-state index contributed by atoms with van der Waals surface area (Å²) in [5, 5.41) is 12.1. The number of hydrogen-bond acceptors (Lipinski definition) is 2. The van der Waals surface area contributed by atoms with Gasteiger partial charge in [-0.05, 0) is 26.2 Å². The maximum absolute atomic E-state index is 11.4. The van der Waals surface area contributed by atoms with Crippen molar-refractivity contribution < 1.29 is 9.90 Å². The molecule has 3 heteroatoms. The second kappa shape index (κ2) is 6.02. The fourth-order valence-corrected chi connectivity index (χ4v) is 1.89. The molecule has 14 heavy (non-hydrogen) atoms. The van der Waals surface area contributed by atoms with Crippen molar-refractivity contribution in [1.29, 1.82) is 0 Å². The SMILES string of the molecule is CC(O)CCC(=O)NC1CCCCC1. The molecule has 0 heterocycles. The Kier molecular flexibility index (Phi) is 4.94. The van der Waals surface area contributed by atoms with Crippen LogP contribution in [0, 0.1) is 0 Å². The summed E-state index contributed by atoms with van der Waals surface area (Å²) in [4.78, 5) is 11.4. The average molecular weight is 199 g/mol. The van der Waals surface area contributed by atoms with E-state index in [0.29, 0.717) is 18.9 Å². The first-order valence-corrected chi connectivity index (χ1v) is 5.66. The van der Waals surface area contributed by atoms with Crippen LogP contribution < -0.4 is 5.32 Å². The molecular weight excluding hydrogens is 178 g/mol. The van der Waals surface area contributed by atoms with Crippen LogP contribution in [0.15, 0.2) is 0 Å². The molecule has 1 saturated carbocycles. The quantitative estimate of drug-likeness (QED) is 0.722. The van der Waals surface area contributed by atoms with Gasteiger partial charge < -0.3 is 10.4 Å². The first-order valence-electron chi connectivity index (χ1n) is 5.66. The number of aliphatic hydroxyl groups excluding tert-OH is 1. The van der Waals surface area contributed by atoms with E-state index in [1.54, 1.807) is 6.92 Å². The van der Waals surface area contributed by atoms with Crippen molar-refractivity contribution in [3.63, 3.8) is 0 Å². The van der Waals surface area contributed by atoms with E-state index in [0.717, 1.165) is 12.8 Å². The minimum atomic E-state index is -0.368. The van der Waals surface area contributed by atoms with E-state index in [-0.39, 0.29) is 12.0 Å². The topological polar surface area (TPSA) is 49.3 Å². The lowest BCUT2D eigenvalue weighted by atomic mass is 9.95. The highest BCUT2D eigenvalue weighted by atomic mass is 16.3. The zero-order valence-corrected chi connectivity index (χ0v) is 8.96. The van der Waals surface area contributed by atoms with Crippen LogP contribution in [0.4, 0.5) is 0 Å². The fourth-order valence-electron chi connectivity index (χ4n) is 1.89. The second-order valence-corrected chi connectivity index (χ2v) is 4.29. The molecule has 0 bridgehead atoms. The number of hydrogen-bond donors (Lipinski definition) is 2. The molecule has 1 unspecified atom stereocenters. The van der Waals surface area contributed by atoms with Crippen molar-refractivity contribution in [2.45, 2.75) is 64.0 Å². The van der Waals surface area contributed by atoms with Gasteiger partial charge in [-0.25, -0.2) is 0 Å². The van der Waals surface area contributed by atoms with E-state index in [2.05, 4.69) is 5.32 Å². The monoisotopic (exact) mass is 199 g/mol. The van der Waals surface area contributed by atoms with E-state index in [1.165, 1.54) is 19.3 Å². The predicted octanol–water partition coefficient (Wildman–Crippen LogP) is 1.60. The molecule has 0 aliphatic heterocycles. The van der Waals surface area contributed by atoms with Gasteiger partial charge in [0.15, 0.2) is 0 Å². The Labute approximate surface area is 85.9 Å². The van der Waals surface area contributed by atoms with Crippen LogP contribution in [0.1, 0.15) is 51.9 Å². The Bertz CT molecular complexity index is 174. The number of aliphatic hydroxyl groups is 1. The van der Waals surface area contributed by atoms with Gasteiger partial charge in [0.2, 0.25) is 5.91 Å². The number of carbonyl (C=O) groups excluding carboxylic acids is 1. The molecule has 0 radical (unpaired) electrons. The highest BCUT2D eigenvalue weighted by molar-refractivity contribution is 5.76. The molecule has 0 aromatic heterocycles. The number of carbonyl (C=O) groups is 1. The minimum absolute atomic E-state index is 0.0952. The van der Waals surface area contributed by atoms with Gasteiger partial charge >= 0.3 is 0 Å². The third kappa shape index (κ3) is 4.61. The number of amides is 1. The molecule has 82 valence electrons. The summed E-state index contributed by atoms with van der Waals surface area (Å²) in [6.45, 7) is 1.72.